The summed E-state index contributed by atoms with van der Waals surface area (Å²) in [6.07, 6.45) is 0.973. The summed E-state index contributed by atoms with van der Waals surface area (Å²) in [5.41, 5.74) is 5.03. The maximum Gasteiger partial charge on any atom is 0.131 e. The molecule has 112 valence electrons. The molecule has 0 atom stereocenters. The molecule has 0 bridgehead atoms. The standard InChI is InChI=1S/C21H16FN/c1-2-15-3-9-18(10-4-15)20-12-11-19(13-21(20)22)17-7-5-16(14-23)6-8-17/h3-13H,2H2,1H3. The van der Waals surface area contributed by atoms with Gasteiger partial charge in [0.05, 0.1) is 11.6 Å². The van der Waals surface area contributed by atoms with Gasteiger partial charge in [-0.25, -0.2) is 4.39 Å². The van der Waals surface area contributed by atoms with Crippen LogP contribution in [0.25, 0.3) is 22.3 Å². The topological polar surface area (TPSA) is 23.8 Å². The average molecular weight is 301 g/mol. The highest BCUT2D eigenvalue weighted by molar-refractivity contribution is 5.71. The fourth-order valence-corrected chi connectivity index (χ4v) is 2.59. The number of benzene rings is 3. The number of hydrogen-bond donors (Lipinski definition) is 0. The smallest absolute Gasteiger partial charge is 0.131 e. The van der Waals surface area contributed by atoms with Gasteiger partial charge in [0.15, 0.2) is 0 Å². The maximum atomic E-state index is 14.5. The lowest BCUT2D eigenvalue weighted by Gasteiger charge is -2.08. The van der Waals surface area contributed by atoms with Crippen LogP contribution in [0.4, 0.5) is 4.39 Å². The van der Waals surface area contributed by atoms with Gasteiger partial charge in [-0.2, -0.15) is 5.26 Å². The molecule has 3 rings (SSSR count). The van der Waals surface area contributed by atoms with Crippen molar-refractivity contribution >= 4 is 0 Å². The third-order valence-corrected chi connectivity index (χ3v) is 3.99. The lowest BCUT2D eigenvalue weighted by Crippen LogP contribution is -1.88. The second-order valence-electron chi connectivity index (χ2n) is 5.43. The molecule has 3 aromatic rings. The van der Waals surface area contributed by atoms with Crippen molar-refractivity contribution in [2.45, 2.75) is 13.3 Å². The third-order valence-electron chi connectivity index (χ3n) is 3.99. The highest BCUT2D eigenvalue weighted by Crippen LogP contribution is 2.28. The minimum Gasteiger partial charge on any atom is -0.206 e. The molecule has 23 heavy (non-hydrogen) atoms. The SMILES string of the molecule is CCc1ccc(-c2ccc(-c3ccc(C#N)cc3)cc2F)cc1. The minimum atomic E-state index is -0.240. The van der Waals surface area contributed by atoms with E-state index in [-0.39, 0.29) is 5.82 Å². The molecular formula is C21H16FN. The van der Waals surface area contributed by atoms with E-state index in [1.165, 1.54) is 5.56 Å². The van der Waals surface area contributed by atoms with Gasteiger partial charge in [0.25, 0.3) is 0 Å². The molecule has 0 saturated heterocycles. The molecule has 0 amide bonds. The molecule has 0 unspecified atom stereocenters. The van der Waals surface area contributed by atoms with E-state index in [2.05, 4.69) is 13.0 Å². The zero-order valence-corrected chi connectivity index (χ0v) is 12.9. The van der Waals surface area contributed by atoms with Crippen LogP contribution in [0.2, 0.25) is 0 Å². The van der Waals surface area contributed by atoms with Crippen molar-refractivity contribution in [2.24, 2.45) is 0 Å². The van der Waals surface area contributed by atoms with Crippen molar-refractivity contribution in [2.75, 3.05) is 0 Å². The Hall–Kier alpha value is -2.92. The van der Waals surface area contributed by atoms with Crippen molar-refractivity contribution < 1.29 is 4.39 Å². The molecule has 0 radical (unpaired) electrons. The molecule has 0 saturated carbocycles. The van der Waals surface area contributed by atoms with E-state index in [1.807, 2.05) is 48.5 Å². The van der Waals surface area contributed by atoms with Gasteiger partial charge in [0, 0.05) is 5.56 Å². The average Bonchev–Trinajstić information content (AvgIpc) is 2.62. The van der Waals surface area contributed by atoms with Crippen LogP contribution in [0, 0.1) is 17.1 Å². The summed E-state index contributed by atoms with van der Waals surface area (Å²) in [7, 11) is 0. The van der Waals surface area contributed by atoms with E-state index in [9.17, 15) is 4.39 Å². The van der Waals surface area contributed by atoms with Gasteiger partial charge in [-0.1, -0.05) is 55.5 Å². The van der Waals surface area contributed by atoms with E-state index >= 15 is 0 Å². The quantitative estimate of drug-likeness (QED) is 0.618. The minimum absolute atomic E-state index is 0.240. The highest BCUT2D eigenvalue weighted by Gasteiger charge is 2.07. The summed E-state index contributed by atoms with van der Waals surface area (Å²) in [4.78, 5) is 0. The molecule has 0 heterocycles. The summed E-state index contributed by atoms with van der Waals surface area (Å²) in [5, 5.41) is 8.83. The first-order valence-corrected chi connectivity index (χ1v) is 7.60. The van der Waals surface area contributed by atoms with Crippen LogP contribution in [-0.4, -0.2) is 0 Å². The van der Waals surface area contributed by atoms with Gasteiger partial charge >= 0.3 is 0 Å². The Morgan fingerprint density at radius 1 is 0.826 bits per heavy atom. The van der Waals surface area contributed by atoms with Crippen molar-refractivity contribution in [3.8, 4) is 28.3 Å². The first-order valence-electron chi connectivity index (χ1n) is 7.60. The van der Waals surface area contributed by atoms with Crippen molar-refractivity contribution in [3.05, 3.63) is 83.7 Å². The number of rotatable bonds is 3. The van der Waals surface area contributed by atoms with Crippen LogP contribution in [-0.2, 0) is 6.42 Å². The zero-order chi connectivity index (χ0) is 16.2. The fraction of sp³-hybridized carbons (Fsp3) is 0.0952. The Bertz CT molecular complexity index is 856. The van der Waals surface area contributed by atoms with E-state index in [0.717, 1.165) is 23.1 Å². The Kier molecular flexibility index (Phi) is 4.21. The van der Waals surface area contributed by atoms with Crippen LogP contribution < -0.4 is 0 Å². The number of aryl methyl sites for hydroxylation is 1. The van der Waals surface area contributed by atoms with E-state index in [0.29, 0.717) is 11.1 Å². The Labute approximate surface area is 135 Å². The van der Waals surface area contributed by atoms with Gasteiger partial charge < -0.3 is 0 Å². The molecule has 0 aromatic heterocycles. The monoisotopic (exact) mass is 301 g/mol. The van der Waals surface area contributed by atoms with Crippen LogP contribution in [0.1, 0.15) is 18.1 Å². The van der Waals surface area contributed by atoms with E-state index < -0.39 is 0 Å². The molecular weight excluding hydrogens is 285 g/mol. The molecule has 0 aliphatic heterocycles. The van der Waals surface area contributed by atoms with Crippen molar-refractivity contribution in [1.29, 1.82) is 5.26 Å². The first-order chi connectivity index (χ1) is 11.2. The summed E-state index contributed by atoms with van der Waals surface area (Å²) in [5.74, 6) is -0.240. The van der Waals surface area contributed by atoms with E-state index in [4.69, 9.17) is 5.26 Å². The highest BCUT2D eigenvalue weighted by atomic mass is 19.1. The van der Waals surface area contributed by atoms with Crippen LogP contribution in [0.3, 0.4) is 0 Å². The molecule has 2 heteroatoms. The van der Waals surface area contributed by atoms with Gasteiger partial charge in [0.1, 0.15) is 5.82 Å². The van der Waals surface area contributed by atoms with Gasteiger partial charge in [0.2, 0.25) is 0 Å². The number of halogens is 1. The number of nitrogens with zero attached hydrogens (tertiary/aromatic N) is 1. The largest absolute Gasteiger partial charge is 0.206 e. The molecule has 0 aliphatic carbocycles. The summed E-state index contributed by atoms with van der Waals surface area (Å²) in [6, 6.07) is 22.5. The van der Waals surface area contributed by atoms with Crippen LogP contribution in [0.15, 0.2) is 66.7 Å². The van der Waals surface area contributed by atoms with Gasteiger partial charge in [-0.05, 0) is 46.9 Å². The van der Waals surface area contributed by atoms with Gasteiger partial charge in [-0.3, -0.25) is 0 Å². The maximum absolute atomic E-state index is 14.5. The molecule has 1 nitrogen and oxygen atoms in total. The molecule has 0 N–H and O–H groups in total. The predicted octanol–water partition coefficient (Wildman–Crippen LogP) is 5.59. The van der Waals surface area contributed by atoms with Crippen molar-refractivity contribution in [1.82, 2.24) is 0 Å². The molecule has 0 aliphatic rings. The zero-order valence-electron chi connectivity index (χ0n) is 12.9. The van der Waals surface area contributed by atoms with E-state index in [1.54, 1.807) is 18.2 Å². The third kappa shape index (κ3) is 3.14. The number of hydrogen-bond acceptors (Lipinski definition) is 1. The van der Waals surface area contributed by atoms with Gasteiger partial charge in [-0.15, -0.1) is 0 Å². The molecule has 3 aromatic carbocycles. The van der Waals surface area contributed by atoms with Crippen LogP contribution in [0.5, 0.6) is 0 Å². The summed E-state index contributed by atoms with van der Waals surface area (Å²) < 4.78 is 14.5. The predicted molar refractivity (Wildman–Crippen MR) is 91.4 cm³/mol. The lowest BCUT2D eigenvalue weighted by atomic mass is 9.98. The van der Waals surface area contributed by atoms with Crippen molar-refractivity contribution in [3.63, 3.8) is 0 Å². The second-order valence-corrected chi connectivity index (χ2v) is 5.43. The first kappa shape index (κ1) is 15.0. The normalized spacial score (nSPS) is 10.3. The second kappa shape index (κ2) is 6.46. The molecule has 0 fully saturated rings. The summed E-state index contributed by atoms with van der Waals surface area (Å²) in [6.45, 7) is 2.10. The van der Waals surface area contributed by atoms with Crippen LogP contribution >= 0.6 is 0 Å². The fourth-order valence-electron chi connectivity index (χ4n) is 2.59. The Morgan fingerprint density at radius 3 is 2.00 bits per heavy atom. The lowest BCUT2D eigenvalue weighted by molar-refractivity contribution is 0.632. The molecule has 0 spiro atoms. The Morgan fingerprint density at radius 2 is 1.43 bits per heavy atom. The number of nitriles is 1. The summed E-state index contributed by atoms with van der Waals surface area (Å²) >= 11 is 0. The Balaban J connectivity index is 1.94.